The zero-order chi connectivity index (χ0) is 15.8. The number of ether oxygens (including phenoxy) is 2. The van der Waals surface area contributed by atoms with Gasteiger partial charge in [-0.25, -0.2) is 4.79 Å². The van der Waals surface area contributed by atoms with Crippen LogP contribution in [0.25, 0.3) is 0 Å². The molecule has 1 rings (SSSR count). The number of benzene rings is 1. The molecule has 0 radical (unpaired) electrons. The molecule has 0 atom stereocenters. The van der Waals surface area contributed by atoms with Gasteiger partial charge in [-0.1, -0.05) is 0 Å². The first-order valence-corrected chi connectivity index (χ1v) is 6.31. The average molecular weight is 317 g/mol. The highest BCUT2D eigenvalue weighted by atomic mass is 35.5. The Labute approximate surface area is 125 Å². The fourth-order valence-electron chi connectivity index (χ4n) is 1.45. The number of aliphatic imine (C=N–C) groups is 1. The lowest BCUT2D eigenvalue weighted by Gasteiger charge is -2.12. The van der Waals surface area contributed by atoms with Crippen LogP contribution in [0.5, 0.6) is 11.5 Å². The third-order valence-electron chi connectivity index (χ3n) is 2.31. The van der Waals surface area contributed by atoms with Crippen molar-refractivity contribution in [2.75, 3.05) is 26.1 Å². The molecule has 0 fully saturated rings. The van der Waals surface area contributed by atoms with E-state index >= 15 is 0 Å². The van der Waals surface area contributed by atoms with Gasteiger partial charge in [-0.05, 0) is 0 Å². The number of aromatic carboxylic acids is 1. The molecular weight excluding hydrogens is 304 g/mol. The maximum atomic E-state index is 11.2. The van der Waals surface area contributed by atoms with Crippen LogP contribution in [0.15, 0.2) is 17.1 Å². The molecule has 1 aromatic carbocycles. The van der Waals surface area contributed by atoms with E-state index in [0.29, 0.717) is 0 Å². The van der Waals surface area contributed by atoms with Crippen molar-refractivity contribution in [3.63, 3.8) is 0 Å². The molecule has 0 unspecified atom stereocenters. The van der Waals surface area contributed by atoms with E-state index < -0.39 is 17.4 Å². The van der Waals surface area contributed by atoms with Crippen LogP contribution >= 0.6 is 11.6 Å². The highest BCUT2D eigenvalue weighted by Gasteiger charge is 2.16. The van der Waals surface area contributed by atoms with E-state index in [0.717, 1.165) is 6.21 Å². The first-order chi connectivity index (χ1) is 9.99. The topological polar surface area (TPSA) is 111 Å². The van der Waals surface area contributed by atoms with Gasteiger partial charge in [0.2, 0.25) is 6.54 Å². The molecule has 0 saturated heterocycles. The molecule has 21 heavy (non-hydrogen) atoms. The zero-order valence-electron chi connectivity index (χ0n) is 11.1. The molecular formula is C12H13ClN2O6. The fraction of sp³-hybridized carbons (Fsp3) is 0.333. The van der Waals surface area contributed by atoms with Crippen molar-refractivity contribution in [1.29, 1.82) is 0 Å². The van der Waals surface area contributed by atoms with E-state index in [1.165, 1.54) is 19.2 Å². The maximum absolute atomic E-state index is 11.2. The highest BCUT2D eigenvalue weighted by Crippen LogP contribution is 2.35. The summed E-state index contributed by atoms with van der Waals surface area (Å²) in [5.41, 5.74) is -0.112. The van der Waals surface area contributed by atoms with Crippen LogP contribution in [-0.2, 0) is 0 Å². The lowest BCUT2D eigenvalue weighted by Crippen LogP contribution is -2.04. The summed E-state index contributed by atoms with van der Waals surface area (Å²) in [6, 6.07) is 2.58. The monoisotopic (exact) mass is 316 g/mol. The van der Waals surface area contributed by atoms with Crippen molar-refractivity contribution in [3.8, 4) is 11.5 Å². The number of rotatable bonds is 8. The summed E-state index contributed by atoms with van der Waals surface area (Å²) in [5.74, 6) is -0.517. The van der Waals surface area contributed by atoms with Crippen LogP contribution in [-0.4, -0.2) is 48.4 Å². The van der Waals surface area contributed by atoms with Crippen molar-refractivity contribution in [2.24, 2.45) is 4.99 Å². The van der Waals surface area contributed by atoms with Crippen LogP contribution in [0.4, 0.5) is 5.69 Å². The summed E-state index contributed by atoms with van der Waals surface area (Å²) in [6.45, 7) is -0.314. The molecule has 114 valence electrons. The van der Waals surface area contributed by atoms with Gasteiger partial charge in [0.25, 0.3) is 0 Å². The Kier molecular flexibility index (Phi) is 6.41. The number of carboxylic acids is 1. The van der Waals surface area contributed by atoms with E-state index in [2.05, 4.69) is 4.99 Å². The normalized spacial score (nSPS) is 10.6. The molecule has 0 bridgehead atoms. The first-order valence-electron chi connectivity index (χ1n) is 5.78. The molecule has 0 spiro atoms. The molecule has 0 heterocycles. The summed E-state index contributed by atoms with van der Waals surface area (Å²) in [4.78, 5) is 24.7. The van der Waals surface area contributed by atoms with Gasteiger partial charge in [0.1, 0.15) is 6.61 Å². The van der Waals surface area contributed by atoms with Gasteiger partial charge < -0.3 is 14.6 Å². The van der Waals surface area contributed by atoms with Crippen LogP contribution in [0.2, 0.25) is 0 Å². The second-order valence-electron chi connectivity index (χ2n) is 3.69. The van der Waals surface area contributed by atoms with Gasteiger partial charge >= 0.3 is 5.97 Å². The van der Waals surface area contributed by atoms with Gasteiger partial charge in [0.15, 0.2) is 11.5 Å². The number of halogens is 1. The molecule has 0 aliphatic heterocycles. The predicted molar refractivity (Wildman–Crippen MR) is 76.2 cm³/mol. The number of hydrogen-bond donors (Lipinski definition) is 1. The van der Waals surface area contributed by atoms with Gasteiger partial charge in [-0.15, -0.1) is 11.6 Å². The summed E-state index contributed by atoms with van der Waals surface area (Å²) in [7, 11) is 1.37. The summed E-state index contributed by atoms with van der Waals surface area (Å²) < 4.78 is 10.4. The first kappa shape index (κ1) is 16.7. The molecule has 0 aliphatic carbocycles. The van der Waals surface area contributed by atoms with Crippen molar-refractivity contribution in [2.45, 2.75) is 0 Å². The van der Waals surface area contributed by atoms with E-state index in [4.69, 9.17) is 26.2 Å². The van der Waals surface area contributed by atoms with Crippen LogP contribution in [0, 0.1) is 10.1 Å². The Morgan fingerprint density at radius 2 is 2.24 bits per heavy atom. The van der Waals surface area contributed by atoms with Gasteiger partial charge in [-0.2, -0.15) is 0 Å². The third-order valence-corrected chi connectivity index (χ3v) is 2.46. The van der Waals surface area contributed by atoms with Crippen LogP contribution < -0.4 is 9.47 Å². The largest absolute Gasteiger partial charge is 0.493 e. The number of alkyl halides is 1. The molecule has 9 heteroatoms. The SMILES string of the molecule is COc1cc(C(=O)O)c(N=CC[N+](=O)[O-])cc1OCCCl. The van der Waals surface area contributed by atoms with E-state index in [9.17, 15) is 14.9 Å². The molecule has 8 nitrogen and oxygen atoms in total. The number of carbonyl (C=O) groups is 1. The summed E-state index contributed by atoms with van der Waals surface area (Å²) in [5, 5.41) is 19.4. The number of carboxylic acid groups (broad SMARTS) is 1. The average Bonchev–Trinajstić information content (AvgIpc) is 2.44. The Hall–Kier alpha value is -2.35. The molecule has 0 amide bonds. The summed E-state index contributed by atoms with van der Waals surface area (Å²) >= 11 is 5.52. The quantitative estimate of drug-likeness (QED) is 0.340. The minimum absolute atomic E-state index is 0.0368. The Morgan fingerprint density at radius 3 is 2.76 bits per heavy atom. The predicted octanol–water partition coefficient (Wildman–Crippen LogP) is 1.99. The van der Waals surface area contributed by atoms with E-state index in [-0.39, 0.29) is 35.2 Å². The molecule has 0 aliphatic rings. The Balaban J connectivity index is 3.20. The molecule has 0 aromatic heterocycles. The Morgan fingerprint density at radius 1 is 1.52 bits per heavy atom. The summed E-state index contributed by atoms with van der Waals surface area (Å²) in [6.07, 6.45) is 1.01. The van der Waals surface area contributed by atoms with Gasteiger partial charge in [0, 0.05) is 17.1 Å². The molecule has 1 aromatic rings. The standard InChI is InChI=1S/C12H13ClN2O6/c1-20-10-6-8(12(16)17)9(14-3-4-15(18)19)7-11(10)21-5-2-13/h3,6-7H,2,4-5H2,1H3,(H,16,17). The van der Waals surface area contributed by atoms with Crippen molar-refractivity contribution in [3.05, 3.63) is 27.8 Å². The number of nitro groups is 1. The van der Waals surface area contributed by atoms with Crippen molar-refractivity contribution < 1.29 is 24.3 Å². The second-order valence-corrected chi connectivity index (χ2v) is 4.07. The Bertz CT molecular complexity index is 561. The second kappa shape index (κ2) is 8.05. The van der Waals surface area contributed by atoms with Crippen molar-refractivity contribution in [1.82, 2.24) is 0 Å². The van der Waals surface area contributed by atoms with Gasteiger partial charge in [-0.3, -0.25) is 15.1 Å². The van der Waals surface area contributed by atoms with Crippen molar-refractivity contribution >= 4 is 29.5 Å². The molecule has 0 saturated carbocycles. The molecule has 1 N–H and O–H groups in total. The lowest BCUT2D eigenvalue weighted by atomic mass is 10.1. The van der Waals surface area contributed by atoms with Crippen LogP contribution in [0.1, 0.15) is 10.4 Å². The lowest BCUT2D eigenvalue weighted by molar-refractivity contribution is -0.462. The maximum Gasteiger partial charge on any atom is 0.338 e. The fourth-order valence-corrected chi connectivity index (χ4v) is 1.53. The van der Waals surface area contributed by atoms with Gasteiger partial charge in [0.05, 0.1) is 30.5 Å². The minimum atomic E-state index is -1.23. The van der Waals surface area contributed by atoms with E-state index in [1.54, 1.807) is 0 Å². The zero-order valence-corrected chi connectivity index (χ0v) is 11.9. The number of hydrogen-bond acceptors (Lipinski definition) is 6. The van der Waals surface area contributed by atoms with Crippen LogP contribution in [0.3, 0.4) is 0 Å². The third kappa shape index (κ3) is 4.92. The highest BCUT2D eigenvalue weighted by molar-refractivity contribution is 6.18. The smallest absolute Gasteiger partial charge is 0.338 e. The minimum Gasteiger partial charge on any atom is -0.493 e. The number of methoxy groups -OCH3 is 1. The number of nitrogens with zero attached hydrogens (tertiary/aromatic N) is 2. The van der Waals surface area contributed by atoms with E-state index in [1.807, 2.05) is 0 Å².